The van der Waals surface area contributed by atoms with E-state index >= 15 is 0 Å². The molecule has 1 unspecified atom stereocenters. The van der Waals surface area contributed by atoms with Gasteiger partial charge in [-0.15, -0.1) is 0 Å². The van der Waals surface area contributed by atoms with Crippen LogP contribution in [0.25, 0.3) is 0 Å². The number of nitriles is 1. The number of rotatable bonds is 3. The molecular weight excluding hydrogens is 253 g/mol. The van der Waals surface area contributed by atoms with Gasteiger partial charge in [0, 0.05) is 11.6 Å². The van der Waals surface area contributed by atoms with E-state index in [1.165, 1.54) is 6.07 Å². The van der Waals surface area contributed by atoms with Crippen LogP contribution < -0.4 is 4.74 Å². The molecule has 2 aromatic carbocycles. The minimum atomic E-state index is -0.324. The van der Waals surface area contributed by atoms with Crippen LogP contribution >= 0.6 is 0 Å². The first-order valence-electron chi connectivity index (χ1n) is 6.66. The zero-order chi connectivity index (χ0) is 13.9. The summed E-state index contributed by atoms with van der Waals surface area (Å²) in [6.07, 6.45) is 1.44. The third-order valence-corrected chi connectivity index (χ3v) is 3.64. The highest BCUT2D eigenvalue weighted by Gasteiger charge is 2.26. The molecule has 0 N–H and O–H groups in total. The Balaban J connectivity index is 1.80. The maximum absolute atomic E-state index is 14.1. The molecule has 0 radical (unpaired) electrons. The van der Waals surface area contributed by atoms with Crippen LogP contribution in [0.1, 0.15) is 29.0 Å². The van der Waals surface area contributed by atoms with Crippen molar-refractivity contribution in [2.24, 2.45) is 0 Å². The van der Waals surface area contributed by atoms with Crippen LogP contribution in [0.15, 0.2) is 42.5 Å². The molecule has 0 saturated heterocycles. The predicted molar refractivity (Wildman–Crippen MR) is 73.8 cm³/mol. The van der Waals surface area contributed by atoms with E-state index in [9.17, 15) is 4.39 Å². The second-order valence-corrected chi connectivity index (χ2v) is 4.97. The second kappa shape index (κ2) is 5.34. The Morgan fingerprint density at radius 2 is 2.05 bits per heavy atom. The van der Waals surface area contributed by atoms with Gasteiger partial charge in [0.05, 0.1) is 12.0 Å². The van der Waals surface area contributed by atoms with E-state index in [0.717, 1.165) is 17.5 Å². The lowest BCUT2D eigenvalue weighted by molar-refractivity contribution is 0.304. The number of hydrogen-bond acceptors (Lipinski definition) is 2. The molecule has 0 saturated carbocycles. The van der Waals surface area contributed by atoms with E-state index < -0.39 is 0 Å². The summed E-state index contributed by atoms with van der Waals surface area (Å²) in [7, 11) is 0. The second-order valence-electron chi connectivity index (χ2n) is 4.97. The summed E-state index contributed by atoms with van der Waals surface area (Å²) in [6, 6.07) is 15.2. The topological polar surface area (TPSA) is 33.0 Å². The largest absolute Gasteiger partial charge is 0.489 e. The Morgan fingerprint density at radius 3 is 2.80 bits per heavy atom. The van der Waals surface area contributed by atoms with E-state index in [1.54, 1.807) is 0 Å². The van der Waals surface area contributed by atoms with Crippen LogP contribution in [0.5, 0.6) is 5.75 Å². The van der Waals surface area contributed by atoms with Crippen molar-refractivity contribution in [3.63, 3.8) is 0 Å². The fourth-order valence-corrected chi connectivity index (χ4v) is 2.64. The zero-order valence-corrected chi connectivity index (χ0v) is 11.0. The highest BCUT2D eigenvalue weighted by atomic mass is 19.1. The maximum atomic E-state index is 14.1. The molecule has 100 valence electrons. The number of halogens is 1. The normalized spacial score (nSPS) is 16.5. The van der Waals surface area contributed by atoms with Gasteiger partial charge in [0.15, 0.2) is 0 Å². The molecule has 0 spiro atoms. The molecule has 0 aliphatic heterocycles. The smallest absolute Gasteiger partial charge is 0.131 e. The van der Waals surface area contributed by atoms with E-state index in [1.807, 2.05) is 36.4 Å². The lowest BCUT2D eigenvalue weighted by Gasteiger charge is -2.10. The van der Waals surface area contributed by atoms with Gasteiger partial charge in [-0.3, -0.25) is 0 Å². The van der Waals surface area contributed by atoms with Gasteiger partial charge in [0.25, 0.3) is 0 Å². The van der Waals surface area contributed by atoms with Crippen LogP contribution in [-0.2, 0) is 13.0 Å². The number of hydrogen-bond donors (Lipinski definition) is 0. The molecular formula is C17H14FNO. The Morgan fingerprint density at radius 1 is 1.25 bits per heavy atom. The summed E-state index contributed by atoms with van der Waals surface area (Å²) in [5, 5.41) is 9.01. The maximum Gasteiger partial charge on any atom is 0.131 e. The van der Waals surface area contributed by atoms with Gasteiger partial charge >= 0.3 is 0 Å². The SMILES string of the molecule is N#CC1CCc2cc(OCc3ccccc3)cc(F)c21. The molecule has 0 fully saturated rings. The van der Waals surface area contributed by atoms with E-state index in [4.69, 9.17) is 10.00 Å². The predicted octanol–water partition coefficient (Wildman–Crippen LogP) is 3.96. The van der Waals surface area contributed by atoms with Gasteiger partial charge in [-0.25, -0.2) is 4.39 Å². The van der Waals surface area contributed by atoms with Crippen molar-refractivity contribution in [2.45, 2.75) is 25.4 Å². The van der Waals surface area contributed by atoms with Crippen molar-refractivity contribution in [1.29, 1.82) is 5.26 Å². The third kappa shape index (κ3) is 2.37. The zero-order valence-electron chi connectivity index (χ0n) is 11.0. The van der Waals surface area contributed by atoms with Gasteiger partial charge in [-0.05, 0) is 30.0 Å². The first-order chi connectivity index (χ1) is 9.78. The van der Waals surface area contributed by atoms with Crippen LogP contribution in [0.3, 0.4) is 0 Å². The number of nitrogens with zero attached hydrogens (tertiary/aromatic N) is 1. The molecule has 2 nitrogen and oxygen atoms in total. The van der Waals surface area contributed by atoms with Crippen molar-refractivity contribution in [2.75, 3.05) is 0 Å². The summed E-state index contributed by atoms with van der Waals surface area (Å²) < 4.78 is 19.7. The Hall–Kier alpha value is -2.34. The molecule has 1 atom stereocenters. The van der Waals surface area contributed by atoms with E-state index in [0.29, 0.717) is 24.3 Å². The van der Waals surface area contributed by atoms with Gasteiger partial charge in [-0.1, -0.05) is 30.3 Å². The number of fused-ring (bicyclic) bond motifs is 1. The molecule has 3 rings (SSSR count). The molecule has 20 heavy (non-hydrogen) atoms. The highest BCUT2D eigenvalue weighted by Crippen LogP contribution is 2.37. The average molecular weight is 267 g/mol. The summed E-state index contributed by atoms with van der Waals surface area (Å²) in [5.74, 6) is -0.105. The number of aryl methyl sites for hydroxylation is 1. The third-order valence-electron chi connectivity index (χ3n) is 3.64. The van der Waals surface area contributed by atoms with Crippen LogP contribution in [0.4, 0.5) is 4.39 Å². The number of ether oxygens (including phenoxy) is 1. The van der Waals surface area contributed by atoms with Gasteiger partial charge in [0.1, 0.15) is 18.2 Å². The van der Waals surface area contributed by atoms with Gasteiger partial charge < -0.3 is 4.74 Å². The first kappa shape index (κ1) is 12.7. The molecule has 0 heterocycles. The van der Waals surface area contributed by atoms with Gasteiger partial charge in [0.2, 0.25) is 0 Å². The number of benzene rings is 2. The quantitative estimate of drug-likeness (QED) is 0.843. The lowest BCUT2D eigenvalue weighted by Crippen LogP contribution is -1.99. The van der Waals surface area contributed by atoms with Gasteiger partial charge in [-0.2, -0.15) is 5.26 Å². The van der Waals surface area contributed by atoms with Crippen molar-refractivity contribution >= 4 is 0 Å². The first-order valence-corrected chi connectivity index (χ1v) is 6.66. The minimum absolute atomic E-state index is 0.312. The lowest BCUT2D eigenvalue weighted by atomic mass is 10.0. The minimum Gasteiger partial charge on any atom is -0.489 e. The summed E-state index contributed by atoms with van der Waals surface area (Å²) >= 11 is 0. The molecule has 1 aliphatic carbocycles. The van der Waals surface area contributed by atoms with Crippen LogP contribution in [0, 0.1) is 17.1 Å². The summed E-state index contributed by atoms with van der Waals surface area (Å²) in [5.41, 5.74) is 2.50. The van der Waals surface area contributed by atoms with Crippen molar-refractivity contribution < 1.29 is 9.13 Å². The Bertz CT molecular complexity index is 661. The molecule has 0 aromatic heterocycles. The van der Waals surface area contributed by atoms with Crippen LogP contribution in [-0.4, -0.2) is 0 Å². The summed E-state index contributed by atoms with van der Waals surface area (Å²) in [4.78, 5) is 0. The molecule has 0 amide bonds. The average Bonchev–Trinajstić information content (AvgIpc) is 2.90. The molecule has 3 heteroatoms. The molecule has 0 bridgehead atoms. The fraction of sp³-hybridized carbons (Fsp3) is 0.235. The highest BCUT2D eigenvalue weighted by molar-refractivity contribution is 5.44. The Kier molecular flexibility index (Phi) is 3.39. The van der Waals surface area contributed by atoms with Crippen molar-refractivity contribution in [3.05, 3.63) is 65.0 Å². The summed E-state index contributed by atoms with van der Waals surface area (Å²) in [6.45, 7) is 0.417. The molecule has 2 aromatic rings. The van der Waals surface area contributed by atoms with E-state index in [2.05, 4.69) is 6.07 Å². The molecule has 1 aliphatic rings. The van der Waals surface area contributed by atoms with E-state index in [-0.39, 0.29) is 11.7 Å². The standard InChI is InChI=1S/C17H14FNO/c18-16-9-15(20-11-12-4-2-1-3-5-12)8-13-6-7-14(10-19)17(13)16/h1-5,8-9,14H,6-7,11H2. The van der Waals surface area contributed by atoms with Crippen LogP contribution in [0.2, 0.25) is 0 Å². The Labute approximate surface area is 117 Å². The van der Waals surface area contributed by atoms with Crippen molar-refractivity contribution in [3.8, 4) is 11.8 Å². The fourth-order valence-electron chi connectivity index (χ4n) is 2.64. The monoisotopic (exact) mass is 267 g/mol. The van der Waals surface area contributed by atoms with Crippen molar-refractivity contribution in [1.82, 2.24) is 0 Å².